The number of likely N-dealkylation sites (tertiary alicyclic amines) is 1. The molecule has 150 valence electrons. The number of allylic oxidation sites excluding steroid dienone is 2. The molecule has 1 aromatic rings. The van der Waals surface area contributed by atoms with E-state index in [4.69, 9.17) is 4.74 Å². The molecular formula is C23H30N2O3. The number of rotatable bonds is 4. The van der Waals surface area contributed by atoms with E-state index in [1.807, 2.05) is 35.2 Å². The minimum atomic E-state index is -0.120. The van der Waals surface area contributed by atoms with E-state index in [0.717, 1.165) is 58.2 Å². The Bertz CT molecular complexity index is 715. The Labute approximate surface area is 167 Å². The number of amides is 2. The van der Waals surface area contributed by atoms with Crippen LogP contribution in [0.5, 0.6) is 0 Å². The van der Waals surface area contributed by atoms with Gasteiger partial charge in [0.15, 0.2) is 0 Å². The third-order valence-corrected chi connectivity index (χ3v) is 6.53. The first-order valence-corrected chi connectivity index (χ1v) is 10.6. The maximum atomic E-state index is 12.6. The lowest BCUT2D eigenvalue weighted by molar-refractivity contribution is -0.149. The summed E-state index contributed by atoms with van der Waals surface area (Å²) >= 11 is 0. The van der Waals surface area contributed by atoms with E-state index in [-0.39, 0.29) is 17.4 Å². The summed E-state index contributed by atoms with van der Waals surface area (Å²) in [6, 6.07) is 9.37. The zero-order chi connectivity index (χ0) is 19.4. The Morgan fingerprint density at radius 2 is 1.82 bits per heavy atom. The monoisotopic (exact) mass is 382 g/mol. The quantitative estimate of drug-likeness (QED) is 0.814. The molecule has 3 aliphatic rings. The molecule has 0 aromatic heterocycles. The number of hydrogen-bond donors (Lipinski definition) is 1. The van der Waals surface area contributed by atoms with Crippen LogP contribution in [0.15, 0.2) is 42.5 Å². The van der Waals surface area contributed by atoms with E-state index in [1.54, 1.807) is 0 Å². The number of nitrogens with one attached hydrogen (secondary N) is 1. The SMILES string of the molecule is O=C(NCC1CCOC2(CCN(C(=O)C3CC=CC3)CC2)C1)c1ccccc1. The molecule has 2 aliphatic heterocycles. The first kappa shape index (κ1) is 19.2. The fourth-order valence-corrected chi connectivity index (χ4v) is 4.79. The summed E-state index contributed by atoms with van der Waals surface area (Å²) in [5.74, 6) is 0.888. The summed E-state index contributed by atoms with van der Waals surface area (Å²) in [7, 11) is 0. The van der Waals surface area contributed by atoms with Crippen molar-refractivity contribution in [3.63, 3.8) is 0 Å². The summed E-state index contributed by atoms with van der Waals surface area (Å²) in [4.78, 5) is 27.0. The van der Waals surface area contributed by atoms with Crippen LogP contribution in [0.2, 0.25) is 0 Å². The van der Waals surface area contributed by atoms with Crippen LogP contribution < -0.4 is 5.32 Å². The predicted octanol–water partition coefficient (Wildman–Crippen LogP) is 3.17. The van der Waals surface area contributed by atoms with Crippen LogP contribution >= 0.6 is 0 Å². The number of benzene rings is 1. The number of hydrogen-bond acceptors (Lipinski definition) is 3. The Hall–Kier alpha value is -2.14. The summed E-state index contributed by atoms with van der Waals surface area (Å²) in [5.41, 5.74) is 0.586. The van der Waals surface area contributed by atoms with Gasteiger partial charge in [-0.05, 0) is 56.6 Å². The van der Waals surface area contributed by atoms with Gasteiger partial charge in [-0.1, -0.05) is 30.4 Å². The summed E-state index contributed by atoms with van der Waals surface area (Å²) in [6.07, 6.45) is 9.77. The molecule has 0 radical (unpaired) electrons. The van der Waals surface area contributed by atoms with E-state index in [9.17, 15) is 9.59 Å². The molecule has 0 saturated carbocycles. The Morgan fingerprint density at radius 1 is 1.11 bits per heavy atom. The van der Waals surface area contributed by atoms with Crippen molar-refractivity contribution in [1.82, 2.24) is 10.2 Å². The maximum absolute atomic E-state index is 12.6. The zero-order valence-corrected chi connectivity index (χ0v) is 16.4. The highest BCUT2D eigenvalue weighted by Crippen LogP contribution is 2.38. The summed E-state index contributed by atoms with van der Waals surface area (Å²) in [5, 5.41) is 3.09. The topological polar surface area (TPSA) is 58.6 Å². The van der Waals surface area contributed by atoms with Crippen LogP contribution in [0.3, 0.4) is 0 Å². The molecule has 1 unspecified atom stereocenters. The van der Waals surface area contributed by atoms with Gasteiger partial charge in [-0.3, -0.25) is 9.59 Å². The molecular weight excluding hydrogens is 352 g/mol. The van der Waals surface area contributed by atoms with Crippen molar-refractivity contribution in [2.45, 2.75) is 44.1 Å². The van der Waals surface area contributed by atoms with E-state index < -0.39 is 0 Å². The molecule has 1 aromatic carbocycles. The smallest absolute Gasteiger partial charge is 0.251 e. The second kappa shape index (κ2) is 8.48. The molecule has 2 fully saturated rings. The Kier molecular flexibility index (Phi) is 5.81. The molecule has 4 rings (SSSR count). The van der Waals surface area contributed by atoms with Gasteiger partial charge in [0.2, 0.25) is 5.91 Å². The number of ether oxygens (including phenoxy) is 1. The summed E-state index contributed by atoms with van der Waals surface area (Å²) < 4.78 is 6.22. The molecule has 1 aliphatic carbocycles. The van der Waals surface area contributed by atoms with Crippen molar-refractivity contribution in [3.8, 4) is 0 Å². The largest absolute Gasteiger partial charge is 0.375 e. The van der Waals surface area contributed by atoms with Crippen molar-refractivity contribution in [1.29, 1.82) is 0 Å². The third kappa shape index (κ3) is 4.30. The first-order chi connectivity index (χ1) is 13.7. The second-order valence-corrected chi connectivity index (χ2v) is 8.43. The average Bonchev–Trinajstić information content (AvgIpc) is 3.28. The lowest BCUT2D eigenvalue weighted by Gasteiger charge is -2.46. The fraction of sp³-hybridized carbons (Fsp3) is 0.565. The van der Waals surface area contributed by atoms with Gasteiger partial charge in [0.25, 0.3) is 5.91 Å². The van der Waals surface area contributed by atoms with Crippen LogP contribution in [0, 0.1) is 11.8 Å². The van der Waals surface area contributed by atoms with Crippen molar-refractivity contribution < 1.29 is 14.3 Å². The molecule has 1 spiro atoms. The zero-order valence-electron chi connectivity index (χ0n) is 16.4. The molecule has 2 saturated heterocycles. The van der Waals surface area contributed by atoms with Crippen LogP contribution in [0.1, 0.15) is 48.9 Å². The molecule has 0 bridgehead atoms. The van der Waals surface area contributed by atoms with Gasteiger partial charge in [0.1, 0.15) is 0 Å². The predicted molar refractivity (Wildman–Crippen MR) is 108 cm³/mol. The van der Waals surface area contributed by atoms with E-state index in [0.29, 0.717) is 23.9 Å². The minimum Gasteiger partial charge on any atom is -0.375 e. The lowest BCUT2D eigenvalue weighted by Crippen LogP contribution is -2.52. The second-order valence-electron chi connectivity index (χ2n) is 8.43. The van der Waals surface area contributed by atoms with Crippen LogP contribution in [-0.2, 0) is 9.53 Å². The van der Waals surface area contributed by atoms with Gasteiger partial charge in [-0.15, -0.1) is 0 Å². The number of nitrogens with zero attached hydrogens (tertiary/aromatic N) is 1. The molecule has 28 heavy (non-hydrogen) atoms. The van der Waals surface area contributed by atoms with Crippen LogP contribution in [0.25, 0.3) is 0 Å². The van der Waals surface area contributed by atoms with Gasteiger partial charge in [0, 0.05) is 37.7 Å². The van der Waals surface area contributed by atoms with Crippen molar-refractivity contribution in [2.24, 2.45) is 11.8 Å². The molecule has 2 amide bonds. The number of carbonyl (C=O) groups excluding carboxylic acids is 2. The highest BCUT2D eigenvalue weighted by molar-refractivity contribution is 5.94. The molecule has 1 N–H and O–H groups in total. The van der Waals surface area contributed by atoms with Crippen molar-refractivity contribution in [3.05, 3.63) is 48.0 Å². The van der Waals surface area contributed by atoms with Crippen molar-refractivity contribution in [2.75, 3.05) is 26.2 Å². The molecule has 5 nitrogen and oxygen atoms in total. The number of carbonyl (C=O) groups is 2. The lowest BCUT2D eigenvalue weighted by atomic mass is 9.79. The van der Waals surface area contributed by atoms with Crippen molar-refractivity contribution >= 4 is 11.8 Å². The van der Waals surface area contributed by atoms with Crippen LogP contribution in [-0.4, -0.2) is 48.6 Å². The first-order valence-electron chi connectivity index (χ1n) is 10.6. The number of piperidine rings is 1. The highest BCUT2D eigenvalue weighted by Gasteiger charge is 2.41. The normalized spacial score (nSPS) is 24.4. The highest BCUT2D eigenvalue weighted by atomic mass is 16.5. The maximum Gasteiger partial charge on any atom is 0.251 e. The van der Waals surface area contributed by atoms with Gasteiger partial charge in [-0.25, -0.2) is 0 Å². The fourth-order valence-electron chi connectivity index (χ4n) is 4.79. The van der Waals surface area contributed by atoms with Gasteiger partial charge in [-0.2, -0.15) is 0 Å². The van der Waals surface area contributed by atoms with E-state index >= 15 is 0 Å². The van der Waals surface area contributed by atoms with Crippen LogP contribution in [0.4, 0.5) is 0 Å². The minimum absolute atomic E-state index is 0.00766. The Morgan fingerprint density at radius 3 is 2.54 bits per heavy atom. The standard InChI is InChI=1S/C23H30N2O3/c26-21(19-6-2-1-3-7-19)24-17-18-10-15-28-23(16-18)11-13-25(14-12-23)22(27)20-8-4-5-9-20/h1-7,18,20H,8-17H2,(H,24,26). The van der Waals surface area contributed by atoms with Gasteiger partial charge >= 0.3 is 0 Å². The molecule has 1 atom stereocenters. The molecule has 2 heterocycles. The Balaban J connectivity index is 1.27. The summed E-state index contributed by atoms with van der Waals surface area (Å²) in [6.45, 7) is 3.01. The van der Waals surface area contributed by atoms with E-state index in [1.165, 1.54) is 0 Å². The van der Waals surface area contributed by atoms with Gasteiger partial charge < -0.3 is 15.0 Å². The third-order valence-electron chi connectivity index (χ3n) is 6.53. The average molecular weight is 383 g/mol. The van der Waals surface area contributed by atoms with Gasteiger partial charge in [0.05, 0.1) is 5.60 Å². The van der Waals surface area contributed by atoms with E-state index in [2.05, 4.69) is 17.5 Å². The molecule has 5 heteroatoms.